The Bertz CT molecular complexity index is 978. The van der Waals surface area contributed by atoms with E-state index in [1.807, 2.05) is 0 Å². The number of methoxy groups -OCH3 is 1. The van der Waals surface area contributed by atoms with Crippen LogP contribution in [0.5, 0.6) is 5.75 Å². The van der Waals surface area contributed by atoms with E-state index in [1.54, 1.807) is 48.5 Å². The Morgan fingerprint density at radius 3 is 2.78 bits per heavy atom. The van der Waals surface area contributed by atoms with Gasteiger partial charge in [0.2, 0.25) is 0 Å². The van der Waals surface area contributed by atoms with Gasteiger partial charge in [-0.3, -0.25) is 14.6 Å². The number of hydrogen-bond donors (Lipinski definition) is 3. The van der Waals surface area contributed by atoms with E-state index >= 15 is 0 Å². The molecule has 0 aliphatic carbocycles. The molecule has 170 valence electrons. The molecule has 4 rings (SSSR count). The second-order valence-corrected chi connectivity index (χ2v) is 7.75. The Hall–Kier alpha value is -3.14. The van der Waals surface area contributed by atoms with Crippen LogP contribution in [-0.2, 0) is 15.3 Å². The summed E-state index contributed by atoms with van der Waals surface area (Å²) in [5.41, 5.74) is -1.19. The summed E-state index contributed by atoms with van der Waals surface area (Å²) < 4.78 is 10.6. The van der Waals surface area contributed by atoms with Gasteiger partial charge in [-0.05, 0) is 31.2 Å². The number of para-hydroxylation sites is 1. The monoisotopic (exact) mass is 440 g/mol. The van der Waals surface area contributed by atoms with E-state index in [4.69, 9.17) is 9.47 Å². The average molecular weight is 441 g/mol. The predicted molar refractivity (Wildman–Crippen MR) is 120 cm³/mol. The molecule has 0 spiro atoms. The molecular weight excluding hydrogens is 412 g/mol. The van der Waals surface area contributed by atoms with Crippen molar-refractivity contribution in [3.8, 4) is 5.75 Å². The molecule has 3 N–H and O–H groups in total. The molecule has 0 radical (unpaired) electrons. The summed E-state index contributed by atoms with van der Waals surface area (Å²) in [6, 6.07) is 12.8. The second-order valence-electron chi connectivity index (χ2n) is 7.75. The molecule has 2 aromatic carbocycles. The van der Waals surface area contributed by atoms with Gasteiger partial charge in [0, 0.05) is 31.3 Å². The number of benzene rings is 2. The second kappa shape index (κ2) is 9.56. The summed E-state index contributed by atoms with van der Waals surface area (Å²) >= 11 is 0. The molecule has 32 heavy (non-hydrogen) atoms. The number of nitrogens with zero attached hydrogens (tertiary/aromatic N) is 2. The van der Waals surface area contributed by atoms with Crippen molar-refractivity contribution in [2.75, 3.05) is 56.7 Å². The van der Waals surface area contributed by atoms with Crippen molar-refractivity contribution in [3.05, 3.63) is 54.1 Å². The molecule has 2 heterocycles. The Balaban J connectivity index is 1.58. The first-order chi connectivity index (χ1) is 15.5. The van der Waals surface area contributed by atoms with Gasteiger partial charge in [-0.15, -0.1) is 0 Å². The van der Waals surface area contributed by atoms with Crippen LogP contribution in [0.3, 0.4) is 0 Å². The number of aliphatic hydroxyl groups is 1. The van der Waals surface area contributed by atoms with Gasteiger partial charge in [0.25, 0.3) is 11.6 Å². The predicted octanol–water partition coefficient (Wildman–Crippen LogP) is 1.73. The number of anilines is 2. The zero-order valence-electron chi connectivity index (χ0n) is 18.0. The van der Waals surface area contributed by atoms with E-state index < -0.39 is 17.7 Å². The summed E-state index contributed by atoms with van der Waals surface area (Å²) in [6.45, 7) is 4.36. The van der Waals surface area contributed by atoms with Crippen LogP contribution in [0, 0.1) is 0 Å². The number of carbonyl (C=O) groups excluding carboxylic acids is 2. The summed E-state index contributed by atoms with van der Waals surface area (Å²) in [5.74, 6) is -0.160. The minimum atomic E-state index is -2.22. The maximum absolute atomic E-state index is 13.4. The van der Waals surface area contributed by atoms with E-state index in [0.717, 1.165) is 31.0 Å². The first kappa shape index (κ1) is 22.1. The fourth-order valence-corrected chi connectivity index (χ4v) is 4.06. The lowest BCUT2D eigenvalue weighted by Gasteiger charge is -2.42. The normalized spacial score (nSPS) is 20.9. The van der Waals surface area contributed by atoms with Gasteiger partial charge in [0.1, 0.15) is 5.75 Å². The molecule has 9 heteroatoms. The van der Waals surface area contributed by atoms with Crippen LogP contribution < -0.4 is 20.3 Å². The van der Waals surface area contributed by atoms with E-state index in [9.17, 15) is 14.7 Å². The maximum atomic E-state index is 13.4. The molecule has 0 unspecified atom stereocenters. The van der Waals surface area contributed by atoms with Crippen LogP contribution in [0.4, 0.5) is 16.2 Å². The number of hydrogen-bond acceptors (Lipinski definition) is 6. The number of carbonyl (C=O) groups is 2. The minimum absolute atomic E-state index is 0.299. The molecule has 2 aromatic rings. The highest BCUT2D eigenvalue weighted by atomic mass is 16.5. The molecule has 1 fully saturated rings. The lowest BCUT2D eigenvalue weighted by molar-refractivity contribution is -0.140. The number of nitrogens with one attached hydrogen (secondary N) is 2. The molecule has 0 bridgehead atoms. The molecular formula is C23H28N4O5. The smallest absolute Gasteiger partial charge is 0.329 e. The van der Waals surface area contributed by atoms with Crippen molar-refractivity contribution < 1.29 is 24.2 Å². The van der Waals surface area contributed by atoms with Crippen LogP contribution >= 0.6 is 0 Å². The lowest BCUT2D eigenvalue weighted by Crippen LogP contribution is -2.62. The Morgan fingerprint density at radius 1 is 1.22 bits per heavy atom. The van der Waals surface area contributed by atoms with Crippen LogP contribution in [0.2, 0.25) is 0 Å². The molecule has 3 amide bonds. The van der Waals surface area contributed by atoms with Gasteiger partial charge in [-0.2, -0.15) is 0 Å². The average Bonchev–Trinajstić information content (AvgIpc) is 2.82. The Morgan fingerprint density at radius 2 is 2.00 bits per heavy atom. The Kier molecular flexibility index (Phi) is 6.59. The highest BCUT2D eigenvalue weighted by molar-refractivity contribution is 6.11. The van der Waals surface area contributed by atoms with E-state index in [1.165, 1.54) is 7.11 Å². The fourth-order valence-electron chi connectivity index (χ4n) is 4.06. The molecule has 1 atom stereocenters. The van der Waals surface area contributed by atoms with Crippen molar-refractivity contribution in [3.63, 3.8) is 0 Å². The maximum Gasteiger partial charge on any atom is 0.329 e. The molecule has 2 aliphatic rings. The zero-order chi connectivity index (χ0) is 22.6. The first-order valence-corrected chi connectivity index (χ1v) is 10.7. The highest BCUT2D eigenvalue weighted by Crippen LogP contribution is 2.40. The third kappa shape index (κ3) is 4.27. The summed E-state index contributed by atoms with van der Waals surface area (Å²) in [5, 5.41) is 17.3. The number of rotatable bonds is 7. The van der Waals surface area contributed by atoms with Crippen molar-refractivity contribution in [2.24, 2.45) is 0 Å². The number of fused-ring (bicyclic) bond motifs is 1. The Labute approximate surface area is 186 Å². The quantitative estimate of drug-likeness (QED) is 0.567. The van der Waals surface area contributed by atoms with Gasteiger partial charge in [0.05, 0.1) is 31.7 Å². The van der Waals surface area contributed by atoms with Crippen molar-refractivity contribution in [1.82, 2.24) is 10.2 Å². The van der Waals surface area contributed by atoms with Gasteiger partial charge in [-0.25, -0.2) is 4.79 Å². The number of ether oxygens (including phenoxy) is 2. The van der Waals surface area contributed by atoms with E-state index in [0.29, 0.717) is 42.4 Å². The molecule has 0 saturated carbocycles. The summed E-state index contributed by atoms with van der Waals surface area (Å²) in [4.78, 5) is 29.7. The third-order valence-electron chi connectivity index (χ3n) is 5.74. The van der Waals surface area contributed by atoms with Crippen LogP contribution in [0.25, 0.3) is 0 Å². The molecule has 9 nitrogen and oxygen atoms in total. The standard InChI is InChI=1S/C23H28N4O5/c1-31-18-7-4-6-17(16-18)27-22(29)25-20-9-3-2-8-19(20)23(27,30)21(28)24-10-5-11-26-12-14-32-15-13-26/h2-4,6-9,16,30H,5,10-15H2,1H3,(H,24,28)(H,25,29)/t23-/m0/s1. The topological polar surface area (TPSA) is 103 Å². The number of urea groups is 1. The van der Waals surface area contributed by atoms with Gasteiger partial charge >= 0.3 is 6.03 Å². The van der Waals surface area contributed by atoms with Crippen molar-refractivity contribution in [1.29, 1.82) is 0 Å². The summed E-state index contributed by atoms with van der Waals surface area (Å²) in [7, 11) is 1.51. The number of morpholine rings is 1. The van der Waals surface area contributed by atoms with Gasteiger partial charge in [0.15, 0.2) is 0 Å². The molecule has 2 aliphatic heterocycles. The van der Waals surface area contributed by atoms with Crippen molar-refractivity contribution in [2.45, 2.75) is 12.1 Å². The summed E-state index contributed by atoms with van der Waals surface area (Å²) in [6.07, 6.45) is 0.717. The van der Waals surface area contributed by atoms with Crippen LogP contribution in [-0.4, -0.2) is 68.4 Å². The van der Waals surface area contributed by atoms with Crippen LogP contribution in [0.1, 0.15) is 12.0 Å². The lowest BCUT2D eigenvalue weighted by atomic mass is 9.94. The van der Waals surface area contributed by atoms with Crippen molar-refractivity contribution >= 4 is 23.3 Å². The van der Waals surface area contributed by atoms with Gasteiger partial charge < -0.3 is 25.2 Å². The minimum Gasteiger partial charge on any atom is -0.497 e. The fraction of sp³-hybridized carbons (Fsp3) is 0.391. The third-order valence-corrected chi connectivity index (χ3v) is 5.74. The first-order valence-electron chi connectivity index (χ1n) is 10.7. The molecule has 1 saturated heterocycles. The van der Waals surface area contributed by atoms with Crippen LogP contribution in [0.15, 0.2) is 48.5 Å². The molecule has 0 aromatic heterocycles. The largest absolute Gasteiger partial charge is 0.497 e. The zero-order valence-corrected chi connectivity index (χ0v) is 18.0. The number of amides is 3. The highest BCUT2D eigenvalue weighted by Gasteiger charge is 2.51. The SMILES string of the molecule is COc1cccc(N2C(=O)Nc3ccccc3[C@]2(O)C(=O)NCCCN2CCOCC2)c1. The van der Waals surface area contributed by atoms with E-state index in [2.05, 4.69) is 15.5 Å². The van der Waals surface area contributed by atoms with E-state index in [-0.39, 0.29) is 0 Å². The van der Waals surface area contributed by atoms with Gasteiger partial charge in [-0.1, -0.05) is 24.3 Å².